The molecule has 1 heterocycles. The molecule has 0 atom stereocenters. The highest BCUT2D eigenvalue weighted by atomic mass is 35.5. The average molecular weight is 377 g/mol. The van der Waals surface area contributed by atoms with Gasteiger partial charge in [0, 0.05) is 25.2 Å². The molecule has 1 aromatic carbocycles. The van der Waals surface area contributed by atoms with Crippen molar-refractivity contribution >= 4 is 27.5 Å². The first-order valence-corrected chi connectivity index (χ1v) is 9.88. The Kier molecular flexibility index (Phi) is 6.31. The van der Waals surface area contributed by atoms with Gasteiger partial charge in [0.15, 0.2) is 11.5 Å². The van der Waals surface area contributed by atoms with Gasteiger partial charge in [-0.15, -0.1) is 0 Å². The molecule has 1 amide bonds. The van der Waals surface area contributed by atoms with E-state index < -0.39 is 10.0 Å². The number of ether oxygens (including phenoxy) is 2. The highest BCUT2D eigenvalue weighted by Crippen LogP contribution is 2.38. The molecule has 0 fully saturated rings. The van der Waals surface area contributed by atoms with Gasteiger partial charge >= 0.3 is 0 Å². The smallest absolute Gasteiger partial charge is 0.251 e. The van der Waals surface area contributed by atoms with E-state index in [-0.39, 0.29) is 5.91 Å². The lowest BCUT2D eigenvalue weighted by Gasteiger charge is -2.20. The fourth-order valence-electron chi connectivity index (χ4n) is 2.36. The number of carbonyl (C=O) groups is 1. The number of amides is 1. The van der Waals surface area contributed by atoms with Crippen molar-refractivity contribution in [3.05, 3.63) is 22.7 Å². The summed E-state index contributed by atoms with van der Waals surface area (Å²) in [5, 5.41) is 3.07. The third-order valence-corrected chi connectivity index (χ3v) is 5.21. The van der Waals surface area contributed by atoms with E-state index in [4.69, 9.17) is 21.1 Å². The lowest BCUT2D eigenvalue weighted by molar-refractivity contribution is 0.0951. The maximum absolute atomic E-state index is 12.2. The molecule has 1 N–H and O–H groups in total. The van der Waals surface area contributed by atoms with E-state index >= 15 is 0 Å². The molecule has 9 heteroatoms. The fourth-order valence-corrected chi connectivity index (χ4v) is 3.55. The molecule has 24 heavy (non-hydrogen) atoms. The highest BCUT2D eigenvalue weighted by Gasteiger charge is 2.19. The van der Waals surface area contributed by atoms with Crippen molar-refractivity contribution in [2.24, 2.45) is 0 Å². The number of carbonyl (C=O) groups excluding carboxylic acids is 1. The molecule has 0 saturated carbocycles. The first kappa shape index (κ1) is 18.8. The molecule has 0 aliphatic carbocycles. The third-order valence-electron chi connectivity index (χ3n) is 3.55. The number of hydrogen-bond acceptors (Lipinski definition) is 5. The highest BCUT2D eigenvalue weighted by molar-refractivity contribution is 7.88. The monoisotopic (exact) mass is 376 g/mol. The maximum atomic E-state index is 12.2. The number of sulfonamides is 1. The Labute approximate surface area is 146 Å². The van der Waals surface area contributed by atoms with Crippen LogP contribution in [0, 0.1) is 0 Å². The second-order valence-corrected chi connectivity index (χ2v) is 7.74. The summed E-state index contributed by atoms with van der Waals surface area (Å²) in [6.45, 7) is 3.73. The largest absolute Gasteiger partial charge is 0.486 e. The van der Waals surface area contributed by atoms with E-state index in [0.717, 1.165) is 0 Å². The molecular weight excluding hydrogens is 356 g/mol. The van der Waals surface area contributed by atoms with Crippen LogP contribution in [0.5, 0.6) is 11.5 Å². The van der Waals surface area contributed by atoms with Gasteiger partial charge in [-0.2, -0.15) is 0 Å². The van der Waals surface area contributed by atoms with E-state index in [1.165, 1.54) is 16.6 Å². The molecule has 0 spiro atoms. The minimum absolute atomic E-state index is 0.295. The van der Waals surface area contributed by atoms with E-state index in [9.17, 15) is 13.2 Å². The second-order valence-electron chi connectivity index (χ2n) is 5.35. The lowest BCUT2D eigenvalue weighted by Crippen LogP contribution is -2.33. The van der Waals surface area contributed by atoms with Gasteiger partial charge in [0.25, 0.3) is 5.91 Å². The number of nitrogens with zero attached hydrogens (tertiary/aromatic N) is 1. The zero-order valence-corrected chi connectivity index (χ0v) is 15.2. The molecule has 0 unspecified atom stereocenters. The van der Waals surface area contributed by atoms with E-state index in [0.29, 0.717) is 61.4 Å². The Morgan fingerprint density at radius 2 is 2.04 bits per heavy atom. The van der Waals surface area contributed by atoms with Gasteiger partial charge < -0.3 is 14.8 Å². The van der Waals surface area contributed by atoms with E-state index in [1.807, 2.05) is 0 Å². The summed E-state index contributed by atoms with van der Waals surface area (Å²) < 4.78 is 35.2. The number of halogens is 1. The molecular formula is C15H21ClN2O5S. The van der Waals surface area contributed by atoms with Crippen molar-refractivity contribution in [1.29, 1.82) is 0 Å². The van der Waals surface area contributed by atoms with Gasteiger partial charge in [0.2, 0.25) is 10.0 Å². The molecule has 1 aromatic rings. The summed E-state index contributed by atoms with van der Waals surface area (Å²) in [7, 11) is -3.21. The minimum Gasteiger partial charge on any atom is -0.486 e. The Morgan fingerprint density at radius 1 is 1.33 bits per heavy atom. The molecule has 7 nitrogen and oxygen atoms in total. The number of hydrogen-bond donors (Lipinski definition) is 1. The van der Waals surface area contributed by atoms with E-state index in [1.54, 1.807) is 13.0 Å². The zero-order valence-electron chi connectivity index (χ0n) is 13.7. The summed E-state index contributed by atoms with van der Waals surface area (Å²) in [6.07, 6.45) is 1.69. The van der Waals surface area contributed by atoms with Crippen molar-refractivity contribution in [2.45, 2.75) is 13.3 Å². The van der Waals surface area contributed by atoms with Crippen LogP contribution in [0.25, 0.3) is 0 Å². The fraction of sp³-hybridized carbons (Fsp3) is 0.533. The minimum atomic E-state index is -3.21. The zero-order chi connectivity index (χ0) is 17.7. The molecule has 0 aromatic heterocycles. The number of fused-ring (bicyclic) bond motifs is 1. The standard InChI is InChI=1S/C15H21ClN2O5S/c1-3-18(24(2,20)21)6-4-5-17-15(19)11-9-12(16)14-13(10-11)22-7-8-23-14/h9-10H,3-8H2,1-2H3,(H,17,19). The predicted octanol–water partition coefficient (Wildman–Crippen LogP) is 1.51. The van der Waals surface area contributed by atoms with Gasteiger partial charge in [-0.05, 0) is 18.6 Å². The van der Waals surface area contributed by atoms with Gasteiger partial charge in [-0.3, -0.25) is 4.79 Å². The van der Waals surface area contributed by atoms with Gasteiger partial charge in [0.05, 0.1) is 11.3 Å². The van der Waals surface area contributed by atoms with Gasteiger partial charge in [0.1, 0.15) is 13.2 Å². The Morgan fingerprint density at radius 3 is 2.71 bits per heavy atom. The second kappa shape index (κ2) is 8.04. The van der Waals surface area contributed by atoms with Crippen LogP contribution in [0.15, 0.2) is 12.1 Å². The Balaban J connectivity index is 1.90. The van der Waals surface area contributed by atoms with Crippen LogP contribution < -0.4 is 14.8 Å². The van der Waals surface area contributed by atoms with Gasteiger partial charge in [-0.25, -0.2) is 12.7 Å². The summed E-state index contributed by atoms with van der Waals surface area (Å²) in [5.41, 5.74) is 0.375. The molecule has 0 radical (unpaired) electrons. The number of nitrogens with one attached hydrogen (secondary N) is 1. The summed E-state index contributed by atoms with van der Waals surface area (Å²) >= 11 is 6.10. The quantitative estimate of drug-likeness (QED) is 0.729. The number of benzene rings is 1. The van der Waals surface area contributed by atoms with Crippen LogP contribution in [0.3, 0.4) is 0 Å². The molecule has 134 valence electrons. The predicted molar refractivity (Wildman–Crippen MR) is 91.5 cm³/mol. The number of rotatable bonds is 7. The van der Waals surface area contributed by atoms with Crippen molar-refractivity contribution in [3.8, 4) is 11.5 Å². The SMILES string of the molecule is CCN(CCCNC(=O)c1cc(Cl)c2c(c1)OCCO2)S(C)(=O)=O. The molecule has 1 aliphatic rings. The Hall–Kier alpha value is -1.51. The van der Waals surface area contributed by atoms with Gasteiger partial charge in [-0.1, -0.05) is 18.5 Å². The maximum Gasteiger partial charge on any atom is 0.251 e. The first-order chi connectivity index (χ1) is 11.3. The third kappa shape index (κ3) is 4.75. The van der Waals surface area contributed by atoms with Crippen LogP contribution in [-0.4, -0.2) is 57.7 Å². The lowest BCUT2D eigenvalue weighted by atomic mass is 10.1. The van der Waals surface area contributed by atoms with Crippen molar-refractivity contribution in [3.63, 3.8) is 0 Å². The van der Waals surface area contributed by atoms with Crippen LogP contribution >= 0.6 is 11.6 Å². The molecule has 2 rings (SSSR count). The Bertz CT molecular complexity index is 708. The normalized spacial score (nSPS) is 13.8. The van der Waals surface area contributed by atoms with Crippen LogP contribution in [-0.2, 0) is 10.0 Å². The summed E-state index contributed by atoms with van der Waals surface area (Å²) in [6, 6.07) is 3.11. The van der Waals surface area contributed by atoms with Crippen molar-refractivity contribution in [1.82, 2.24) is 9.62 Å². The van der Waals surface area contributed by atoms with E-state index in [2.05, 4.69) is 5.32 Å². The summed E-state index contributed by atoms with van der Waals surface area (Å²) in [5.74, 6) is 0.607. The van der Waals surface area contributed by atoms with Crippen LogP contribution in [0.2, 0.25) is 5.02 Å². The van der Waals surface area contributed by atoms with Crippen LogP contribution in [0.4, 0.5) is 0 Å². The van der Waals surface area contributed by atoms with Crippen molar-refractivity contribution in [2.75, 3.05) is 39.1 Å². The molecule has 1 aliphatic heterocycles. The van der Waals surface area contributed by atoms with Crippen LogP contribution in [0.1, 0.15) is 23.7 Å². The average Bonchev–Trinajstić information content (AvgIpc) is 2.53. The summed E-state index contributed by atoms with van der Waals surface area (Å²) in [4.78, 5) is 12.2. The topological polar surface area (TPSA) is 84.9 Å². The molecule has 0 saturated heterocycles. The van der Waals surface area contributed by atoms with Crippen molar-refractivity contribution < 1.29 is 22.7 Å². The first-order valence-electron chi connectivity index (χ1n) is 7.65. The molecule has 0 bridgehead atoms.